The molecule has 0 saturated carbocycles. The van der Waals surface area contributed by atoms with E-state index >= 15 is 0 Å². The Balaban J connectivity index is 1.82. The van der Waals surface area contributed by atoms with Crippen LogP contribution in [0.25, 0.3) is 33.0 Å². The van der Waals surface area contributed by atoms with Gasteiger partial charge in [-0.3, -0.25) is 14.9 Å². The molecule has 3 heterocycles. The van der Waals surface area contributed by atoms with Crippen LogP contribution in [0.4, 0.5) is 0 Å². The number of hydrogen-bond donors (Lipinski definition) is 1. The molecule has 31 heavy (non-hydrogen) atoms. The summed E-state index contributed by atoms with van der Waals surface area (Å²) in [4.78, 5) is 26.0. The van der Waals surface area contributed by atoms with Gasteiger partial charge in [0.15, 0.2) is 0 Å². The van der Waals surface area contributed by atoms with Gasteiger partial charge in [0.05, 0.1) is 23.6 Å². The van der Waals surface area contributed by atoms with Crippen LogP contribution >= 0.6 is 0 Å². The first-order valence-corrected chi connectivity index (χ1v) is 10.3. The molecule has 0 unspecified atom stereocenters. The van der Waals surface area contributed by atoms with Crippen molar-refractivity contribution in [2.45, 2.75) is 26.4 Å². The van der Waals surface area contributed by atoms with Crippen LogP contribution in [0.2, 0.25) is 0 Å². The lowest BCUT2D eigenvalue weighted by molar-refractivity contribution is -0.122. The van der Waals surface area contributed by atoms with Gasteiger partial charge in [-0.15, -0.1) is 0 Å². The van der Waals surface area contributed by atoms with E-state index in [0.717, 1.165) is 33.9 Å². The number of rotatable bonds is 5. The van der Waals surface area contributed by atoms with Gasteiger partial charge in [-0.2, -0.15) is 5.26 Å². The standard InChI is InChI=1S/C25H20N4O2/c1-2-28-14-18(16-8-3-5-10-20(16)28)22-23(25(31)27-24(22)30)19-15-29(13-7-12-26)21-11-6-4-9-17(19)21/h3-6,8-11,14-15H,2,7,13H2,1H3,(H,27,30,31). The summed E-state index contributed by atoms with van der Waals surface area (Å²) in [5.74, 6) is -0.774. The summed E-state index contributed by atoms with van der Waals surface area (Å²) in [5, 5.41) is 13.4. The molecule has 2 aromatic carbocycles. The molecule has 0 bridgehead atoms. The highest BCUT2D eigenvalue weighted by molar-refractivity contribution is 6.50. The van der Waals surface area contributed by atoms with E-state index in [-0.39, 0.29) is 5.91 Å². The van der Waals surface area contributed by atoms with Crippen LogP contribution in [0.3, 0.4) is 0 Å². The van der Waals surface area contributed by atoms with Crippen molar-refractivity contribution in [2.75, 3.05) is 0 Å². The Morgan fingerprint density at radius 1 is 0.839 bits per heavy atom. The van der Waals surface area contributed by atoms with Gasteiger partial charge in [-0.25, -0.2) is 0 Å². The van der Waals surface area contributed by atoms with Crippen LogP contribution in [0, 0.1) is 11.3 Å². The van der Waals surface area contributed by atoms with Crippen LogP contribution < -0.4 is 5.32 Å². The van der Waals surface area contributed by atoms with Crippen LogP contribution in [0.15, 0.2) is 60.9 Å². The molecule has 6 heteroatoms. The predicted molar refractivity (Wildman–Crippen MR) is 120 cm³/mol. The Hall–Kier alpha value is -4.11. The lowest BCUT2D eigenvalue weighted by Crippen LogP contribution is -2.22. The molecule has 0 spiro atoms. The van der Waals surface area contributed by atoms with Crippen molar-refractivity contribution in [3.05, 3.63) is 72.1 Å². The van der Waals surface area contributed by atoms with Crippen LogP contribution in [-0.4, -0.2) is 20.9 Å². The second kappa shape index (κ2) is 7.29. The summed E-state index contributed by atoms with van der Waals surface area (Å²) < 4.78 is 4.06. The van der Waals surface area contributed by atoms with E-state index in [2.05, 4.69) is 16.0 Å². The molecule has 4 aromatic rings. The number of para-hydroxylation sites is 2. The third-order valence-electron chi connectivity index (χ3n) is 5.85. The second-order valence-corrected chi connectivity index (χ2v) is 7.54. The number of fused-ring (bicyclic) bond motifs is 2. The van der Waals surface area contributed by atoms with Crippen molar-refractivity contribution in [1.29, 1.82) is 5.26 Å². The number of hydrogen-bond acceptors (Lipinski definition) is 3. The number of aromatic nitrogens is 2. The molecule has 0 atom stereocenters. The Labute approximate surface area is 179 Å². The van der Waals surface area contributed by atoms with Crippen molar-refractivity contribution in [2.24, 2.45) is 0 Å². The Kier molecular flexibility index (Phi) is 4.45. The van der Waals surface area contributed by atoms with Gasteiger partial charge in [0.1, 0.15) is 0 Å². The monoisotopic (exact) mass is 408 g/mol. The quantitative estimate of drug-likeness (QED) is 0.505. The maximum Gasteiger partial charge on any atom is 0.259 e. The molecular formula is C25H20N4O2. The van der Waals surface area contributed by atoms with Crippen molar-refractivity contribution in [1.82, 2.24) is 14.5 Å². The molecule has 0 radical (unpaired) electrons. The molecule has 2 amide bonds. The molecular weight excluding hydrogens is 388 g/mol. The van der Waals surface area contributed by atoms with E-state index in [1.54, 1.807) is 0 Å². The zero-order valence-corrected chi connectivity index (χ0v) is 17.1. The summed E-state index contributed by atoms with van der Waals surface area (Å²) in [7, 11) is 0. The minimum atomic E-state index is -0.392. The molecule has 1 N–H and O–H groups in total. The number of nitrogens with one attached hydrogen (secondary N) is 1. The molecule has 0 saturated heterocycles. The first kappa shape index (κ1) is 18.9. The first-order valence-electron chi connectivity index (χ1n) is 10.3. The minimum absolute atomic E-state index is 0.360. The number of nitrogens with zero attached hydrogens (tertiary/aromatic N) is 3. The molecule has 1 aliphatic rings. The summed E-state index contributed by atoms with van der Waals surface area (Å²) in [6.07, 6.45) is 4.20. The number of amides is 2. The Bertz CT molecular complexity index is 1450. The fraction of sp³-hybridized carbons (Fsp3) is 0.160. The van der Waals surface area contributed by atoms with Gasteiger partial charge in [-0.05, 0) is 19.1 Å². The minimum Gasteiger partial charge on any atom is -0.347 e. The summed E-state index contributed by atoms with van der Waals surface area (Å²) in [6.45, 7) is 3.32. The van der Waals surface area contributed by atoms with Gasteiger partial charge in [-0.1, -0.05) is 36.4 Å². The van der Waals surface area contributed by atoms with Gasteiger partial charge in [0.25, 0.3) is 11.8 Å². The average molecular weight is 408 g/mol. The highest BCUT2D eigenvalue weighted by Crippen LogP contribution is 2.38. The fourth-order valence-electron chi connectivity index (χ4n) is 4.48. The number of aryl methyl sites for hydroxylation is 2. The lowest BCUT2D eigenvalue weighted by atomic mass is 9.95. The van der Waals surface area contributed by atoms with Crippen molar-refractivity contribution >= 4 is 44.8 Å². The largest absolute Gasteiger partial charge is 0.347 e. The summed E-state index contributed by atoms with van der Waals surface area (Å²) in [5.41, 5.74) is 4.20. The van der Waals surface area contributed by atoms with E-state index in [1.165, 1.54) is 0 Å². The molecule has 5 rings (SSSR count). The topological polar surface area (TPSA) is 79.8 Å². The fourth-order valence-corrected chi connectivity index (χ4v) is 4.48. The van der Waals surface area contributed by atoms with Crippen LogP contribution in [0.1, 0.15) is 24.5 Å². The van der Waals surface area contributed by atoms with Gasteiger partial charge < -0.3 is 9.13 Å². The van der Waals surface area contributed by atoms with E-state index in [9.17, 15) is 9.59 Å². The third kappa shape index (κ3) is 2.86. The molecule has 6 nitrogen and oxygen atoms in total. The number of nitriles is 1. The zero-order chi connectivity index (χ0) is 21.5. The zero-order valence-electron chi connectivity index (χ0n) is 17.1. The van der Waals surface area contributed by atoms with E-state index in [4.69, 9.17) is 5.26 Å². The molecule has 152 valence electrons. The smallest absolute Gasteiger partial charge is 0.259 e. The van der Waals surface area contributed by atoms with Crippen molar-refractivity contribution in [3.63, 3.8) is 0 Å². The highest BCUT2D eigenvalue weighted by Gasteiger charge is 2.35. The van der Waals surface area contributed by atoms with Crippen LogP contribution in [0.5, 0.6) is 0 Å². The van der Waals surface area contributed by atoms with E-state index in [0.29, 0.717) is 29.7 Å². The SMILES string of the molecule is CCn1cc(C2=C(c3cn(CCC#N)c4ccccc34)C(=O)NC2=O)c2ccccc21. The average Bonchev–Trinajstić information content (AvgIpc) is 3.43. The van der Waals surface area contributed by atoms with Gasteiger partial charge in [0, 0.05) is 58.4 Å². The van der Waals surface area contributed by atoms with E-state index in [1.807, 2.05) is 72.4 Å². The number of carbonyl (C=O) groups is 2. The Morgan fingerprint density at radius 2 is 1.35 bits per heavy atom. The molecule has 0 aliphatic carbocycles. The number of benzene rings is 2. The maximum absolute atomic E-state index is 13.0. The Morgan fingerprint density at radius 3 is 1.90 bits per heavy atom. The predicted octanol–water partition coefficient (Wildman–Crippen LogP) is 4.10. The number of imide groups is 1. The summed E-state index contributed by atoms with van der Waals surface area (Å²) in [6, 6.07) is 17.8. The molecule has 2 aromatic heterocycles. The number of carbonyl (C=O) groups excluding carboxylic acids is 2. The van der Waals surface area contributed by atoms with Gasteiger partial charge in [0.2, 0.25) is 0 Å². The first-order chi connectivity index (χ1) is 15.1. The van der Waals surface area contributed by atoms with Gasteiger partial charge >= 0.3 is 0 Å². The van der Waals surface area contributed by atoms with Crippen molar-refractivity contribution in [3.8, 4) is 6.07 Å². The molecule has 1 aliphatic heterocycles. The highest BCUT2D eigenvalue weighted by atomic mass is 16.2. The van der Waals surface area contributed by atoms with E-state index < -0.39 is 5.91 Å². The maximum atomic E-state index is 13.0. The summed E-state index contributed by atoms with van der Waals surface area (Å²) >= 11 is 0. The normalized spacial score (nSPS) is 13.9. The third-order valence-corrected chi connectivity index (χ3v) is 5.85. The van der Waals surface area contributed by atoms with Crippen molar-refractivity contribution < 1.29 is 9.59 Å². The lowest BCUT2D eigenvalue weighted by Gasteiger charge is -2.03. The second-order valence-electron chi connectivity index (χ2n) is 7.54. The molecule has 0 fully saturated rings. The van der Waals surface area contributed by atoms with Crippen LogP contribution in [-0.2, 0) is 22.7 Å².